The fourth-order valence-corrected chi connectivity index (χ4v) is 4.29. The lowest BCUT2D eigenvalue weighted by Gasteiger charge is -2.31. The van der Waals surface area contributed by atoms with E-state index in [0.29, 0.717) is 22.5 Å². The number of aromatic nitrogens is 1. The minimum absolute atomic E-state index is 0.181. The van der Waals surface area contributed by atoms with E-state index in [1.807, 2.05) is 47.2 Å². The Morgan fingerprint density at radius 1 is 0.939 bits per heavy atom. The van der Waals surface area contributed by atoms with Crippen molar-refractivity contribution in [3.8, 4) is 5.69 Å². The number of nitrogens with zero attached hydrogens (tertiary/aromatic N) is 2. The molecule has 0 aliphatic carbocycles. The molecule has 2 heterocycles. The number of rotatable bonds is 2. The number of amides is 2. The molecule has 33 heavy (non-hydrogen) atoms. The number of benzene rings is 3. The third-order valence-electron chi connectivity index (χ3n) is 5.85. The highest BCUT2D eigenvalue weighted by molar-refractivity contribution is 5.90. The first kappa shape index (κ1) is 20.9. The molecule has 0 saturated heterocycles. The number of hydrogen-bond acceptors (Lipinski definition) is 1. The van der Waals surface area contributed by atoms with E-state index < -0.39 is 29.5 Å². The highest BCUT2D eigenvalue weighted by Gasteiger charge is 2.33. The number of nitrogens with one attached hydrogen (secondary N) is 1. The van der Waals surface area contributed by atoms with E-state index in [9.17, 15) is 18.0 Å². The zero-order valence-electron chi connectivity index (χ0n) is 17.7. The molecule has 7 heteroatoms. The van der Waals surface area contributed by atoms with E-state index in [1.54, 1.807) is 19.1 Å². The van der Waals surface area contributed by atoms with Gasteiger partial charge in [0.2, 0.25) is 0 Å². The van der Waals surface area contributed by atoms with Crippen LogP contribution >= 0.6 is 0 Å². The Kier molecular flexibility index (Phi) is 5.17. The molecule has 2 amide bonds. The third kappa shape index (κ3) is 3.86. The summed E-state index contributed by atoms with van der Waals surface area (Å²) in [4.78, 5) is 15.0. The van der Waals surface area contributed by atoms with Crippen molar-refractivity contribution in [3.63, 3.8) is 0 Å². The van der Waals surface area contributed by atoms with Crippen molar-refractivity contribution in [2.24, 2.45) is 0 Å². The van der Waals surface area contributed by atoms with Gasteiger partial charge in [0.1, 0.15) is 17.5 Å². The maximum atomic E-state index is 14.2. The molecule has 1 aromatic heterocycles. The first-order chi connectivity index (χ1) is 15.9. The first-order valence-electron chi connectivity index (χ1n) is 10.5. The van der Waals surface area contributed by atoms with Crippen LogP contribution in [0.25, 0.3) is 5.69 Å². The van der Waals surface area contributed by atoms with Crippen LogP contribution in [-0.2, 0) is 6.54 Å². The van der Waals surface area contributed by atoms with E-state index in [1.165, 1.54) is 23.1 Å². The van der Waals surface area contributed by atoms with Gasteiger partial charge in [-0.1, -0.05) is 24.3 Å². The lowest BCUT2D eigenvalue weighted by atomic mass is 10.0. The summed E-state index contributed by atoms with van der Waals surface area (Å²) in [5.74, 6) is -1.90. The quantitative estimate of drug-likeness (QED) is 0.383. The van der Waals surface area contributed by atoms with Crippen LogP contribution in [0.1, 0.15) is 28.4 Å². The van der Waals surface area contributed by atoms with Gasteiger partial charge in [-0.3, -0.25) is 0 Å². The van der Waals surface area contributed by atoms with Crippen molar-refractivity contribution < 1.29 is 18.0 Å². The standard InChI is InChI=1S/C26H20F3N3O/c1-16-8-9-21(14-22(16)29)30-26(33)32-15-17-5-2-3-6-23(17)31-10-4-7-24(31)25(32)18-11-19(27)13-20(28)12-18/h2-14,25H,15H2,1H3,(H,30,33)/t25-/m0/s1. The minimum atomic E-state index is -0.784. The van der Waals surface area contributed by atoms with Crippen LogP contribution in [0.2, 0.25) is 0 Å². The van der Waals surface area contributed by atoms with Crippen molar-refractivity contribution >= 4 is 11.7 Å². The Hall–Kier alpha value is -4.00. The molecule has 0 fully saturated rings. The van der Waals surface area contributed by atoms with Crippen molar-refractivity contribution in [2.75, 3.05) is 5.32 Å². The number of carbonyl (C=O) groups excluding carboxylic acids is 1. The maximum absolute atomic E-state index is 14.2. The van der Waals surface area contributed by atoms with Crippen LogP contribution in [0.4, 0.5) is 23.7 Å². The van der Waals surface area contributed by atoms with Gasteiger partial charge in [-0.2, -0.15) is 0 Å². The smallest absolute Gasteiger partial charge is 0.318 e. The molecule has 166 valence electrons. The molecule has 4 nitrogen and oxygen atoms in total. The molecular weight excluding hydrogens is 427 g/mol. The lowest BCUT2D eigenvalue weighted by Crippen LogP contribution is -2.38. The second-order valence-electron chi connectivity index (χ2n) is 8.06. The molecule has 0 bridgehead atoms. The van der Waals surface area contributed by atoms with Crippen LogP contribution < -0.4 is 5.32 Å². The van der Waals surface area contributed by atoms with Gasteiger partial charge >= 0.3 is 6.03 Å². The Bertz CT molecular complexity index is 1340. The molecular formula is C26H20F3N3O. The largest absolute Gasteiger partial charge is 0.322 e. The summed E-state index contributed by atoms with van der Waals surface area (Å²) in [5, 5.41) is 2.74. The predicted molar refractivity (Wildman–Crippen MR) is 120 cm³/mol. The van der Waals surface area contributed by atoms with E-state index in [0.717, 1.165) is 17.3 Å². The normalized spacial score (nSPS) is 14.9. The molecule has 1 N–H and O–H groups in total. The molecule has 0 spiro atoms. The fourth-order valence-electron chi connectivity index (χ4n) is 4.29. The Balaban J connectivity index is 1.64. The van der Waals surface area contributed by atoms with Gasteiger partial charge < -0.3 is 14.8 Å². The number of urea groups is 1. The van der Waals surface area contributed by atoms with Crippen LogP contribution in [0.3, 0.4) is 0 Å². The van der Waals surface area contributed by atoms with Crippen molar-refractivity contribution in [3.05, 3.63) is 119 Å². The number of fused-ring (bicyclic) bond motifs is 3. The van der Waals surface area contributed by atoms with Crippen molar-refractivity contribution in [1.29, 1.82) is 0 Å². The summed E-state index contributed by atoms with van der Waals surface area (Å²) in [5.41, 5.74) is 3.46. The number of hydrogen-bond donors (Lipinski definition) is 1. The molecule has 0 saturated carbocycles. The highest BCUT2D eigenvalue weighted by Crippen LogP contribution is 2.37. The minimum Gasteiger partial charge on any atom is -0.318 e. The van der Waals surface area contributed by atoms with Gasteiger partial charge in [0.05, 0.1) is 18.3 Å². The lowest BCUT2D eigenvalue weighted by molar-refractivity contribution is 0.194. The maximum Gasteiger partial charge on any atom is 0.322 e. The van der Waals surface area contributed by atoms with E-state index >= 15 is 0 Å². The van der Waals surface area contributed by atoms with E-state index in [4.69, 9.17) is 0 Å². The average Bonchev–Trinajstić information content (AvgIpc) is 3.19. The first-order valence-corrected chi connectivity index (χ1v) is 10.5. The molecule has 3 aromatic carbocycles. The Labute approximate surface area is 188 Å². The second-order valence-corrected chi connectivity index (χ2v) is 8.06. The second kappa shape index (κ2) is 8.16. The molecule has 5 rings (SSSR count). The molecule has 1 aliphatic heterocycles. The number of para-hydroxylation sites is 1. The Morgan fingerprint density at radius 2 is 1.70 bits per heavy atom. The zero-order chi connectivity index (χ0) is 23.1. The van der Waals surface area contributed by atoms with Gasteiger partial charge in [0, 0.05) is 23.6 Å². The number of carbonyl (C=O) groups is 1. The summed E-state index contributed by atoms with van der Waals surface area (Å²) in [6, 6.07) is 17.6. The number of anilines is 1. The van der Waals surface area contributed by atoms with Crippen molar-refractivity contribution in [2.45, 2.75) is 19.5 Å². The van der Waals surface area contributed by atoms with E-state index in [-0.39, 0.29) is 6.54 Å². The number of aryl methyl sites for hydroxylation is 1. The molecule has 4 aromatic rings. The molecule has 1 aliphatic rings. The van der Waals surface area contributed by atoms with Crippen LogP contribution in [0.5, 0.6) is 0 Å². The molecule has 0 unspecified atom stereocenters. The fraction of sp³-hybridized carbons (Fsp3) is 0.115. The monoisotopic (exact) mass is 447 g/mol. The summed E-state index contributed by atoms with van der Waals surface area (Å²) in [6.45, 7) is 1.82. The predicted octanol–water partition coefficient (Wildman–Crippen LogP) is 6.34. The van der Waals surface area contributed by atoms with Crippen LogP contribution in [0, 0.1) is 24.4 Å². The van der Waals surface area contributed by atoms with E-state index in [2.05, 4.69) is 5.32 Å². The number of halogens is 3. The van der Waals surface area contributed by atoms with Crippen molar-refractivity contribution in [1.82, 2.24) is 9.47 Å². The average molecular weight is 447 g/mol. The van der Waals surface area contributed by atoms with Gasteiger partial charge in [0.15, 0.2) is 0 Å². The summed E-state index contributed by atoms with van der Waals surface area (Å²) < 4.78 is 44.4. The van der Waals surface area contributed by atoms with Crippen LogP contribution in [-0.4, -0.2) is 15.5 Å². The SMILES string of the molecule is Cc1ccc(NC(=O)N2Cc3ccccc3-n3cccc3[C@@H]2c2cc(F)cc(F)c2)cc1F. The molecule has 1 atom stereocenters. The van der Waals surface area contributed by atoms with Gasteiger partial charge in [0.25, 0.3) is 0 Å². The summed E-state index contributed by atoms with van der Waals surface area (Å²) in [7, 11) is 0. The van der Waals surface area contributed by atoms with Gasteiger partial charge in [-0.15, -0.1) is 0 Å². The van der Waals surface area contributed by atoms with Crippen LogP contribution in [0.15, 0.2) is 79.0 Å². The summed E-state index contributed by atoms with van der Waals surface area (Å²) >= 11 is 0. The molecule has 0 radical (unpaired) electrons. The topological polar surface area (TPSA) is 37.3 Å². The highest BCUT2D eigenvalue weighted by atomic mass is 19.1. The summed E-state index contributed by atoms with van der Waals surface area (Å²) in [6.07, 6.45) is 1.85. The van der Waals surface area contributed by atoms with Gasteiger partial charge in [-0.05, 0) is 66.1 Å². The zero-order valence-corrected chi connectivity index (χ0v) is 17.7. The van der Waals surface area contributed by atoms with Gasteiger partial charge in [-0.25, -0.2) is 18.0 Å². The Morgan fingerprint density at radius 3 is 2.45 bits per heavy atom. The third-order valence-corrected chi connectivity index (χ3v) is 5.85.